The number of rotatable bonds is 3. The molecule has 2 aromatic rings. The van der Waals surface area contributed by atoms with E-state index in [0.717, 1.165) is 26.1 Å². The third kappa shape index (κ3) is 3.22. The maximum atomic E-state index is 12.0. The summed E-state index contributed by atoms with van der Waals surface area (Å²) in [6.45, 7) is 4.55. The van der Waals surface area contributed by atoms with Crippen LogP contribution in [0, 0.1) is 0 Å². The molecule has 2 nitrogen and oxygen atoms in total. The molecule has 0 fully saturated rings. The second kappa shape index (κ2) is 6.23. The maximum absolute atomic E-state index is 12.0. The number of benzene rings is 2. The van der Waals surface area contributed by atoms with Gasteiger partial charge in [-0.05, 0) is 36.6 Å². The molecule has 2 aromatic carbocycles. The number of fused-ring (bicyclic) bond motifs is 1. The standard InChI is InChI=1S/C19H21NO/c1-15(21)18-11-12-20(13-16-7-3-2-4-8-16)14-17-9-5-6-10-19(17)18/h2-10,18H,11-14H2,1H3. The molecule has 0 saturated carbocycles. The predicted octanol–water partition coefficient (Wildman–Crippen LogP) is 3.77. The van der Waals surface area contributed by atoms with Crippen LogP contribution >= 0.6 is 0 Å². The Morgan fingerprint density at radius 3 is 2.57 bits per heavy atom. The number of carbonyl (C=O) groups excluding carboxylic acids is 1. The van der Waals surface area contributed by atoms with Crippen LogP contribution in [0.2, 0.25) is 0 Å². The number of nitrogens with zero attached hydrogens (tertiary/aromatic N) is 1. The maximum Gasteiger partial charge on any atom is 0.137 e. The number of hydrogen-bond donors (Lipinski definition) is 0. The third-order valence-electron chi connectivity index (χ3n) is 4.30. The predicted molar refractivity (Wildman–Crippen MR) is 85.0 cm³/mol. The number of carbonyl (C=O) groups is 1. The second-order valence-corrected chi connectivity index (χ2v) is 5.85. The minimum Gasteiger partial charge on any atom is -0.299 e. The van der Waals surface area contributed by atoms with Crippen molar-refractivity contribution in [3.05, 3.63) is 71.3 Å². The van der Waals surface area contributed by atoms with Gasteiger partial charge in [-0.1, -0.05) is 54.6 Å². The zero-order valence-electron chi connectivity index (χ0n) is 12.5. The Morgan fingerprint density at radius 1 is 1.10 bits per heavy atom. The summed E-state index contributed by atoms with van der Waals surface area (Å²) in [5.74, 6) is 0.339. The van der Waals surface area contributed by atoms with Crippen molar-refractivity contribution in [3.63, 3.8) is 0 Å². The molecule has 1 heterocycles. The first-order valence-corrected chi connectivity index (χ1v) is 7.58. The molecule has 0 radical (unpaired) electrons. The van der Waals surface area contributed by atoms with Crippen LogP contribution in [0.25, 0.3) is 0 Å². The fourth-order valence-corrected chi connectivity index (χ4v) is 3.20. The van der Waals surface area contributed by atoms with Crippen molar-refractivity contribution in [1.29, 1.82) is 0 Å². The van der Waals surface area contributed by atoms with Crippen molar-refractivity contribution in [2.45, 2.75) is 32.4 Å². The average Bonchev–Trinajstić information content (AvgIpc) is 2.67. The Morgan fingerprint density at radius 2 is 1.81 bits per heavy atom. The lowest BCUT2D eigenvalue weighted by molar-refractivity contribution is -0.118. The lowest BCUT2D eigenvalue weighted by Gasteiger charge is -2.20. The van der Waals surface area contributed by atoms with Crippen LogP contribution in [-0.4, -0.2) is 17.2 Å². The third-order valence-corrected chi connectivity index (χ3v) is 4.30. The van der Waals surface area contributed by atoms with E-state index in [-0.39, 0.29) is 11.7 Å². The van der Waals surface area contributed by atoms with Crippen molar-refractivity contribution in [2.24, 2.45) is 0 Å². The first kappa shape index (κ1) is 14.0. The highest BCUT2D eigenvalue weighted by Crippen LogP contribution is 2.29. The van der Waals surface area contributed by atoms with Crippen LogP contribution in [0.5, 0.6) is 0 Å². The van der Waals surface area contributed by atoms with Crippen molar-refractivity contribution >= 4 is 5.78 Å². The van der Waals surface area contributed by atoms with Gasteiger partial charge in [-0.2, -0.15) is 0 Å². The molecule has 0 saturated heterocycles. The van der Waals surface area contributed by atoms with Crippen LogP contribution in [0.4, 0.5) is 0 Å². The largest absolute Gasteiger partial charge is 0.299 e. The van der Waals surface area contributed by atoms with E-state index in [9.17, 15) is 4.79 Å². The molecule has 1 unspecified atom stereocenters. The normalized spacial score (nSPS) is 18.8. The molecule has 3 rings (SSSR count). The Kier molecular flexibility index (Phi) is 4.16. The van der Waals surface area contributed by atoms with Gasteiger partial charge in [-0.25, -0.2) is 0 Å². The van der Waals surface area contributed by atoms with Gasteiger partial charge in [-0.3, -0.25) is 9.69 Å². The van der Waals surface area contributed by atoms with Crippen molar-refractivity contribution in [3.8, 4) is 0 Å². The monoisotopic (exact) mass is 279 g/mol. The number of ketones is 1. The zero-order valence-corrected chi connectivity index (χ0v) is 12.5. The first-order valence-electron chi connectivity index (χ1n) is 7.58. The van der Waals surface area contributed by atoms with Crippen molar-refractivity contribution < 1.29 is 4.79 Å². The molecule has 21 heavy (non-hydrogen) atoms. The van der Waals surface area contributed by atoms with E-state index in [4.69, 9.17) is 0 Å². The summed E-state index contributed by atoms with van der Waals surface area (Å²) in [6.07, 6.45) is 0.916. The molecular formula is C19H21NO. The molecule has 108 valence electrons. The summed E-state index contributed by atoms with van der Waals surface area (Å²) in [4.78, 5) is 14.4. The first-order chi connectivity index (χ1) is 10.2. The molecule has 1 aliphatic rings. The van der Waals surface area contributed by atoms with E-state index in [1.165, 1.54) is 16.7 Å². The molecule has 0 N–H and O–H groups in total. The second-order valence-electron chi connectivity index (χ2n) is 5.85. The van der Waals surface area contributed by atoms with Gasteiger partial charge in [0.1, 0.15) is 5.78 Å². The lowest BCUT2D eigenvalue weighted by atomic mass is 9.90. The molecular weight excluding hydrogens is 258 g/mol. The highest BCUT2D eigenvalue weighted by Gasteiger charge is 2.24. The van der Waals surface area contributed by atoms with Crippen LogP contribution in [0.3, 0.4) is 0 Å². The highest BCUT2D eigenvalue weighted by molar-refractivity contribution is 5.83. The van der Waals surface area contributed by atoms with Crippen LogP contribution < -0.4 is 0 Å². The van der Waals surface area contributed by atoms with Crippen LogP contribution in [0.15, 0.2) is 54.6 Å². The van der Waals surface area contributed by atoms with E-state index >= 15 is 0 Å². The number of hydrogen-bond acceptors (Lipinski definition) is 2. The molecule has 1 atom stereocenters. The molecule has 2 heteroatoms. The van der Waals surface area contributed by atoms with E-state index in [0.29, 0.717) is 0 Å². The molecule has 0 bridgehead atoms. The van der Waals surface area contributed by atoms with E-state index < -0.39 is 0 Å². The SMILES string of the molecule is CC(=O)C1CCN(Cc2ccccc2)Cc2ccccc21. The fraction of sp³-hybridized carbons (Fsp3) is 0.316. The minimum atomic E-state index is 0.0574. The topological polar surface area (TPSA) is 20.3 Å². The average molecular weight is 279 g/mol. The summed E-state index contributed by atoms with van der Waals surface area (Å²) < 4.78 is 0. The zero-order chi connectivity index (χ0) is 14.7. The summed E-state index contributed by atoms with van der Waals surface area (Å²) in [6, 6.07) is 18.9. The van der Waals surface area contributed by atoms with Crippen LogP contribution in [0.1, 0.15) is 36.0 Å². The van der Waals surface area contributed by atoms with Gasteiger partial charge in [-0.15, -0.1) is 0 Å². The summed E-state index contributed by atoms with van der Waals surface area (Å²) >= 11 is 0. The highest BCUT2D eigenvalue weighted by atomic mass is 16.1. The lowest BCUT2D eigenvalue weighted by Crippen LogP contribution is -2.23. The Labute approximate surface area is 126 Å². The molecule has 0 aliphatic carbocycles. The molecule has 0 spiro atoms. The Hall–Kier alpha value is -1.93. The van der Waals surface area contributed by atoms with Gasteiger partial charge in [0, 0.05) is 19.0 Å². The van der Waals surface area contributed by atoms with Gasteiger partial charge in [0.25, 0.3) is 0 Å². The van der Waals surface area contributed by atoms with E-state index in [2.05, 4.69) is 47.4 Å². The van der Waals surface area contributed by atoms with Gasteiger partial charge in [0.15, 0.2) is 0 Å². The smallest absolute Gasteiger partial charge is 0.137 e. The van der Waals surface area contributed by atoms with Crippen molar-refractivity contribution in [2.75, 3.05) is 6.54 Å². The van der Waals surface area contributed by atoms with Gasteiger partial charge >= 0.3 is 0 Å². The Balaban J connectivity index is 1.84. The molecule has 0 amide bonds. The van der Waals surface area contributed by atoms with E-state index in [1.54, 1.807) is 6.92 Å². The minimum absolute atomic E-state index is 0.0574. The fourth-order valence-electron chi connectivity index (χ4n) is 3.20. The summed E-state index contributed by atoms with van der Waals surface area (Å²) in [5, 5.41) is 0. The van der Waals surface area contributed by atoms with Gasteiger partial charge < -0.3 is 0 Å². The summed E-state index contributed by atoms with van der Waals surface area (Å²) in [7, 11) is 0. The number of Topliss-reactive ketones (excluding diaryl/α,β-unsaturated/α-hetero) is 1. The van der Waals surface area contributed by atoms with Crippen LogP contribution in [-0.2, 0) is 17.9 Å². The van der Waals surface area contributed by atoms with E-state index in [1.807, 2.05) is 12.1 Å². The van der Waals surface area contributed by atoms with Crippen molar-refractivity contribution in [1.82, 2.24) is 4.90 Å². The Bertz CT molecular complexity index is 620. The molecule has 0 aromatic heterocycles. The van der Waals surface area contributed by atoms with Gasteiger partial charge in [0.2, 0.25) is 0 Å². The van der Waals surface area contributed by atoms with Gasteiger partial charge in [0.05, 0.1) is 0 Å². The summed E-state index contributed by atoms with van der Waals surface area (Å²) in [5.41, 5.74) is 3.85. The quantitative estimate of drug-likeness (QED) is 0.852. The molecule has 1 aliphatic heterocycles.